The molecule has 0 bridgehead atoms. The number of H-pyrrole nitrogens is 1. The van der Waals surface area contributed by atoms with E-state index in [1.165, 1.54) is 4.90 Å². The van der Waals surface area contributed by atoms with Gasteiger partial charge in [-0.15, -0.1) is 0 Å². The first kappa shape index (κ1) is 18.5. The minimum atomic E-state index is -0.207. The van der Waals surface area contributed by atoms with Crippen LogP contribution in [0, 0.1) is 5.92 Å². The second-order valence-corrected chi connectivity index (χ2v) is 7.50. The molecule has 8 nitrogen and oxygen atoms in total. The molecule has 2 aromatic rings. The van der Waals surface area contributed by atoms with Crippen molar-refractivity contribution in [3.63, 3.8) is 0 Å². The highest BCUT2D eigenvalue weighted by atomic mass is 16.5. The first-order valence-corrected chi connectivity index (χ1v) is 9.48. The summed E-state index contributed by atoms with van der Waals surface area (Å²) in [6.07, 6.45) is 2.61. The van der Waals surface area contributed by atoms with E-state index in [1.54, 1.807) is 14.2 Å². The third-order valence-electron chi connectivity index (χ3n) is 5.61. The molecule has 1 aromatic carbocycles. The van der Waals surface area contributed by atoms with Crippen molar-refractivity contribution in [3.8, 4) is 17.0 Å². The number of hydrogen-bond acceptors (Lipinski definition) is 5. The molecule has 2 N–H and O–H groups in total. The number of amides is 2. The maximum Gasteiger partial charge on any atom is 0.239 e. The van der Waals surface area contributed by atoms with E-state index in [4.69, 9.17) is 4.74 Å². The second-order valence-electron chi connectivity index (χ2n) is 7.50. The lowest BCUT2D eigenvalue weighted by Gasteiger charge is -2.37. The van der Waals surface area contributed by atoms with Crippen LogP contribution in [-0.2, 0) is 16.1 Å². The highest BCUT2D eigenvalue weighted by Crippen LogP contribution is 2.27. The normalized spacial score (nSPS) is 23.1. The molecule has 8 heteroatoms. The van der Waals surface area contributed by atoms with Crippen LogP contribution in [0.3, 0.4) is 0 Å². The number of piperidine rings is 1. The van der Waals surface area contributed by atoms with Crippen LogP contribution in [0.1, 0.15) is 12.0 Å². The first-order valence-electron chi connectivity index (χ1n) is 9.48. The summed E-state index contributed by atoms with van der Waals surface area (Å²) in [6.45, 7) is 2.29. The number of hydrogen-bond donors (Lipinski definition) is 2. The number of benzene rings is 1. The number of aromatic amines is 1. The Hall–Kier alpha value is -2.87. The van der Waals surface area contributed by atoms with Crippen LogP contribution in [0.2, 0.25) is 0 Å². The largest absolute Gasteiger partial charge is 0.497 e. The van der Waals surface area contributed by atoms with Crippen LogP contribution in [0.5, 0.6) is 5.75 Å². The van der Waals surface area contributed by atoms with Gasteiger partial charge in [0.25, 0.3) is 0 Å². The van der Waals surface area contributed by atoms with Crippen LogP contribution < -0.4 is 10.1 Å². The standard InChI is InChI=1S/C20H25N5O3/c1-24-12-18(26)22-17-7-8-25(11-16(17)20(24)27)10-14-9-21-23-19(14)13-3-5-15(28-2)6-4-13/h3-6,9,16-17H,7-8,10-12H2,1-2H3,(H,21,23)(H,22,26)/t16-,17+/m0/s1. The maximum atomic E-state index is 12.7. The van der Waals surface area contributed by atoms with Crippen molar-refractivity contribution < 1.29 is 14.3 Å². The molecule has 0 spiro atoms. The summed E-state index contributed by atoms with van der Waals surface area (Å²) in [5.74, 6) is 0.565. The van der Waals surface area contributed by atoms with E-state index >= 15 is 0 Å². The molecule has 0 radical (unpaired) electrons. The number of likely N-dealkylation sites (tertiary alicyclic amines) is 1. The molecule has 0 saturated carbocycles. The summed E-state index contributed by atoms with van der Waals surface area (Å²) in [4.78, 5) is 28.4. The SMILES string of the molecule is COc1ccc(-c2[nH]ncc2CN2CC[C@H]3NC(=O)CN(C)C(=O)[C@H]3C2)cc1. The van der Waals surface area contributed by atoms with Crippen LogP contribution in [0.4, 0.5) is 0 Å². The smallest absolute Gasteiger partial charge is 0.239 e. The average molecular weight is 383 g/mol. The zero-order chi connectivity index (χ0) is 19.7. The number of fused-ring (bicyclic) bond motifs is 1. The fourth-order valence-corrected chi connectivity index (χ4v) is 4.09. The number of nitrogens with zero attached hydrogens (tertiary/aromatic N) is 3. The molecule has 1 aromatic heterocycles. The highest BCUT2D eigenvalue weighted by molar-refractivity contribution is 5.89. The molecule has 0 unspecified atom stereocenters. The third-order valence-corrected chi connectivity index (χ3v) is 5.61. The predicted molar refractivity (Wildman–Crippen MR) is 104 cm³/mol. The van der Waals surface area contributed by atoms with Gasteiger partial charge in [-0.1, -0.05) is 0 Å². The molecule has 2 atom stereocenters. The van der Waals surface area contributed by atoms with Gasteiger partial charge in [-0.25, -0.2) is 0 Å². The summed E-state index contributed by atoms with van der Waals surface area (Å²) < 4.78 is 5.23. The van der Waals surface area contributed by atoms with Crippen LogP contribution in [0.25, 0.3) is 11.3 Å². The summed E-state index contributed by atoms with van der Waals surface area (Å²) in [5.41, 5.74) is 3.10. The van der Waals surface area contributed by atoms with E-state index in [0.717, 1.165) is 35.5 Å². The molecule has 2 amide bonds. The molecule has 0 aliphatic carbocycles. The average Bonchev–Trinajstić information content (AvgIpc) is 3.12. The Balaban J connectivity index is 1.49. The van der Waals surface area contributed by atoms with Gasteiger partial charge in [0.1, 0.15) is 5.75 Å². The van der Waals surface area contributed by atoms with E-state index in [0.29, 0.717) is 13.1 Å². The van der Waals surface area contributed by atoms with Gasteiger partial charge in [-0.3, -0.25) is 19.6 Å². The topological polar surface area (TPSA) is 90.6 Å². The Bertz CT molecular complexity index is 863. The third kappa shape index (κ3) is 3.60. The Labute approximate surface area is 163 Å². The van der Waals surface area contributed by atoms with E-state index in [2.05, 4.69) is 20.4 Å². The van der Waals surface area contributed by atoms with Crippen LogP contribution >= 0.6 is 0 Å². The first-order chi connectivity index (χ1) is 13.5. The molecular formula is C20H25N5O3. The Morgan fingerprint density at radius 3 is 2.79 bits per heavy atom. The minimum absolute atomic E-state index is 0.0376. The summed E-state index contributed by atoms with van der Waals surface area (Å²) in [5, 5.41) is 10.3. The number of ether oxygens (including phenoxy) is 1. The zero-order valence-electron chi connectivity index (χ0n) is 16.1. The molecule has 3 heterocycles. The molecular weight excluding hydrogens is 358 g/mol. The Morgan fingerprint density at radius 2 is 2.04 bits per heavy atom. The number of carbonyl (C=O) groups excluding carboxylic acids is 2. The molecule has 2 aliphatic rings. The molecule has 4 rings (SSSR count). The van der Waals surface area contributed by atoms with Gasteiger partial charge in [0.15, 0.2) is 0 Å². The number of nitrogens with one attached hydrogen (secondary N) is 2. The minimum Gasteiger partial charge on any atom is -0.497 e. The molecule has 2 aliphatic heterocycles. The van der Waals surface area contributed by atoms with E-state index in [-0.39, 0.29) is 30.3 Å². The Morgan fingerprint density at radius 1 is 1.25 bits per heavy atom. The van der Waals surface area contributed by atoms with Gasteiger partial charge < -0.3 is 15.0 Å². The lowest BCUT2D eigenvalue weighted by molar-refractivity contribution is -0.136. The fraction of sp³-hybridized carbons (Fsp3) is 0.450. The lowest BCUT2D eigenvalue weighted by Crippen LogP contribution is -2.52. The summed E-state index contributed by atoms with van der Waals surface area (Å²) >= 11 is 0. The Kier molecular flexibility index (Phi) is 5.04. The zero-order valence-corrected chi connectivity index (χ0v) is 16.1. The quantitative estimate of drug-likeness (QED) is 0.817. The van der Waals surface area contributed by atoms with E-state index in [9.17, 15) is 9.59 Å². The number of rotatable bonds is 4. The van der Waals surface area contributed by atoms with Crippen molar-refractivity contribution in [2.45, 2.75) is 19.0 Å². The number of likely N-dealkylation sites (N-methyl/N-ethyl adjacent to an activating group) is 1. The molecule has 2 saturated heterocycles. The van der Waals surface area contributed by atoms with Crippen LogP contribution in [0.15, 0.2) is 30.5 Å². The summed E-state index contributed by atoms with van der Waals surface area (Å²) in [6, 6.07) is 7.78. The van der Waals surface area contributed by atoms with Gasteiger partial charge in [-0.2, -0.15) is 5.10 Å². The summed E-state index contributed by atoms with van der Waals surface area (Å²) in [7, 11) is 3.34. The second kappa shape index (κ2) is 7.63. The van der Waals surface area contributed by atoms with Crippen molar-refractivity contribution in [2.75, 3.05) is 33.8 Å². The van der Waals surface area contributed by atoms with Crippen molar-refractivity contribution in [1.82, 2.24) is 25.3 Å². The van der Waals surface area contributed by atoms with Crippen molar-refractivity contribution in [2.24, 2.45) is 5.92 Å². The van der Waals surface area contributed by atoms with Gasteiger partial charge in [-0.05, 0) is 30.7 Å². The van der Waals surface area contributed by atoms with Gasteiger partial charge >= 0.3 is 0 Å². The van der Waals surface area contributed by atoms with Gasteiger partial charge in [0.05, 0.1) is 31.5 Å². The lowest BCUT2D eigenvalue weighted by atomic mass is 9.91. The van der Waals surface area contributed by atoms with Crippen molar-refractivity contribution in [1.29, 1.82) is 0 Å². The maximum absolute atomic E-state index is 12.7. The monoisotopic (exact) mass is 383 g/mol. The molecule has 28 heavy (non-hydrogen) atoms. The van der Waals surface area contributed by atoms with Crippen molar-refractivity contribution >= 4 is 11.8 Å². The fourth-order valence-electron chi connectivity index (χ4n) is 4.09. The number of aromatic nitrogens is 2. The van der Waals surface area contributed by atoms with E-state index < -0.39 is 0 Å². The van der Waals surface area contributed by atoms with Crippen molar-refractivity contribution in [3.05, 3.63) is 36.0 Å². The van der Waals surface area contributed by atoms with Crippen LogP contribution in [-0.4, -0.2) is 71.6 Å². The van der Waals surface area contributed by atoms with Gasteiger partial charge in [0, 0.05) is 43.9 Å². The molecule has 148 valence electrons. The number of methoxy groups -OCH3 is 1. The predicted octanol–water partition coefficient (Wildman–Crippen LogP) is 0.864. The highest BCUT2D eigenvalue weighted by Gasteiger charge is 2.39. The molecule has 2 fully saturated rings. The number of carbonyl (C=O) groups is 2. The van der Waals surface area contributed by atoms with E-state index in [1.807, 2.05) is 30.5 Å². The van der Waals surface area contributed by atoms with Gasteiger partial charge in [0.2, 0.25) is 11.8 Å².